The van der Waals surface area contributed by atoms with E-state index in [0.717, 1.165) is 0 Å². The van der Waals surface area contributed by atoms with Crippen LogP contribution in [0, 0.1) is 5.82 Å². The molecular formula is C10H11FN2. The third kappa shape index (κ3) is 1.20. The van der Waals surface area contributed by atoms with Crippen LogP contribution in [0.3, 0.4) is 0 Å². The summed E-state index contributed by atoms with van der Waals surface area (Å²) in [6.07, 6.45) is 3.30. The van der Waals surface area contributed by atoms with Gasteiger partial charge in [0.2, 0.25) is 0 Å². The first-order valence-corrected chi connectivity index (χ1v) is 4.31. The van der Waals surface area contributed by atoms with Gasteiger partial charge >= 0.3 is 0 Å². The number of pyridine rings is 1. The number of hydrogen-bond donors (Lipinski definition) is 1. The molecule has 2 nitrogen and oxygen atoms in total. The van der Waals surface area contributed by atoms with Crippen LogP contribution in [0.1, 0.15) is 25.3 Å². The molecule has 2 aromatic rings. The predicted molar refractivity (Wildman–Crippen MR) is 50.1 cm³/mol. The number of fused-ring (bicyclic) bond motifs is 1. The standard InChI is InChI=1S/C10H11FN2/c1-6(2)8-5-13-10-7(9(8)11)3-4-12-10/h3-6H,1-2H3,(H,12,13). The van der Waals surface area contributed by atoms with E-state index >= 15 is 0 Å². The van der Waals surface area contributed by atoms with Gasteiger partial charge in [-0.3, -0.25) is 0 Å². The smallest absolute Gasteiger partial charge is 0.140 e. The maximum absolute atomic E-state index is 13.7. The number of aromatic nitrogens is 2. The fraction of sp³-hybridized carbons (Fsp3) is 0.300. The van der Waals surface area contributed by atoms with E-state index in [0.29, 0.717) is 16.6 Å². The molecule has 0 bridgehead atoms. The largest absolute Gasteiger partial charge is 0.346 e. The van der Waals surface area contributed by atoms with Crippen molar-refractivity contribution in [3.05, 3.63) is 29.8 Å². The minimum atomic E-state index is -0.152. The summed E-state index contributed by atoms with van der Waals surface area (Å²) in [6.45, 7) is 3.91. The van der Waals surface area contributed by atoms with Gasteiger partial charge in [-0.15, -0.1) is 0 Å². The molecule has 0 amide bonds. The number of nitrogens with one attached hydrogen (secondary N) is 1. The van der Waals surface area contributed by atoms with E-state index in [1.54, 1.807) is 18.5 Å². The van der Waals surface area contributed by atoms with Gasteiger partial charge in [0.05, 0.1) is 5.39 Å². The maximum Gasteiger partial charge on any atom is 0.140 e. The Kier molecular flexibility index (Phi) is 1.79. The number of halogens is 1. The average molecular weight is 178 g/mol. The van der Waals surface area contributed by atoms with Crippen molar-refractivity contribution < 1.29 is 4.39 Å². The number of nitrogens with zero attached hydrogens (tertiary/aromatic N) is 1. The molecule has 0 fully saturated rings. The second-order valence-electron chi connectivity index (χ2n) is 3.42. The Labute approximate surface area is 75.8 Å². The second-order valence-corrected chi connectivity index (χ2v) is 3.42. The summed E-state index contributed by atoms with van der Waals surface area (Å²) >= 11 is 0. The lowest BCUT2D eigenvalue weighted by Crippen LogP contribution is -1.94. The summed E-state index contributed by atoms with van der Waals surface area (Å²) in [7, 11) is 0. The van der Waals surface area contributed by atoms with Gasteiger partial charge in [-0.2, -0.15) is 0 Å². The minimum Gasteiger partial charge on any atom is -0.346 e. The summed E-state index contributed by atoms with van der Waals surface area (Å²) < 4.78 is 13.7. The van der Waals surface area contributed by atoms with Crippen molar-refractivity contribution in [2.24, 2.45) is 0 Å². The lowest BCUT2D eigenvalue weighted by Gasteiger charge is -2.05. The normalized spacial score (nSPS) is 11.4. The monoisotopic (exact) mass is 178 g/mol. The minimum absolute atomic E-state index is 0.152. The lowest BCUT2D eigenvalue weighted by molar-refractivity contribution is 0.608. The van der Waals surface area contributed by atoms with Gasteiger partial charge in [-0.1, -0.05) is 13.8 Å². The molecule has 0 spiro atoms. The summed E-state index contributed by atoms with van der Waals surface area (Å²) in [6, 6.07) is 1.71. The quantitative estimate of drug-likeness (QED) is 0.714. The highest BCUT2D eigenvalue weighted by Gasteiger charge is 2.11. The molecule has 0 aliphatic heterocycles. The van der Waals surface area contributed by atoms with E-state index in [-0.39, 0.29) is 11.7 Å². The molecule has 3 heteroatoms. The average Bonchev–Trinajstić information content (AvgIpc) is 2.52. The summed E-state index contributed by atoms with van der Waals surface area (Å²) in [5, 5.41) is 0.575. The van der Waals surface area contributed by atoms with E-state index in [2.05, 4.69) is 9.97 Å². The lowest BCUT2D eigenvalue weighted by atomic mass is 10.0. The first-order valence-electron chi connectivity index (χ1n) is 4.31. The molecule has 0 radical (unpaired) electrons. The fourth-order valence-electron chi connectivity index (χ4n) is 1.39. The highest BCUT2D eigenvalue weighted by atomic mass is 19.1. The molecule has 68 valence electrons. The van der Waals surface area contributed by atoms with Crippen LogP contribution in [-0.2, 0) is 0 Å². The molecule has 2 heterocycles. The predicted octanol–water partition coefficient (Wildman–Crippen LogP) is 2.83. The van der Waals surface area contributed by atoms with Crippen LogP contribution in [0.2, 0.25) is 0 Å². The molecular weight excluding hydrogens is 167 g/mol. The number of H-pyrrole nitrogens is 1. The van der Waals surface area contributed by atoms with E-state index in [1.165, 1.54) is 0 Å². The Balaban J connectivity index is 2.73. The Morgan fingerprint density at radius 2 is 2.23 bits per heavy atom. The van der Waals surface area contributed by atoms with Gasteiger partial charge in [-0.05, 0) is 12.0 Å². The van der Waals surface area contributed by atoms with Crippen LogP contribution in [-0.4, -0.2) is 9.97 Å². The maximum atomic E-state index is 13.7. The van der Waals surface area contributed by atoms with Crippen LogP contribution in [0.5, 0.6) is 0 Å². The van der Waals surface area contributed by atoms with Gasteiger partial charge in [0.15, 0.2) is 0 Å². The van der Waals surface area contributed by atoms with Crippen molar-refractivity contribution in [1.82, 2.24) is 9.97 Å². The van der Waals surface area contributed by atoms with Crippen LogP contribution >= 0.6 is 0 Å². The first kappa shape index (κ1) is 8.23. The molecule has 1 N–H and O–H groups in total. The van der Waals surface area contributed by atoms with Crippen molar-refractivity contribution >= 4 is 11.0 Å². The van der Waals surface area contributed by atoms with E-state index in [1.807, 2.05) is 13.8 Å². The fourth-order valence-corrected chi connectivity index (χ4v) is 1.39. The molecule has 2 aromatic heterocycles. The van der Waals surface area contributed by atoms with E-state index < -0.39 is 0 Å². The van der Waals surface area contributed by atoms with Gasteiger partial charge in [-0.25, -0.2) is 9.37 Å². The zero-order chi connectivity index (χ0) is 9.42. The molecule has 0 saturated heterocycles. The third-order valence-electron chi connectivity index (χ3n) is 2.17. The summed E-state index contributed by atoms with van der Waals surface area (Å²) in [5.41, 5.74) is 1.29. The molecule has 0 aromatic carbocycles. The first-order chi connectivity index (χ1) is 6.20. The summed E-state index contributed by atoms with van der Waals surface area (Å²) in [4.78, 5) is 7.00. The van der Waals surface area contributed by atoms with Crippen molar-refractivity contribution in [3.63, 3.8) is 0 Å². The summed E-state index contributed by atoms with van der Waals surface area (Å²) in [5.74, 6) is 0.0213. The Hall–Kier alpha value is -1.38. The second kappa shape index (κ2) is 2.83. The van der Waals surface area contributed by atoms with Crippen molar-refractivity contribution in [2.45, 2.75) is 19.8 Å². The highest BCUT2D eigenvalue weighted by molar-refractivity contribution is 5.76. The van der Waals surface area contributed by atoms with E-state index in [9.17, 15) is 4.39 Å². The molecule has 0 aliphatic carbocycles. The highest BCUT2D eigenvalue weighted by Crippen LogP contribution is 2.23. The molecule has 13 heavy (non-hydrogen) atoms. The van der Waals surface area contributed by atoms with Crippen LogP contribution < -0.4 is 0 Å². The molecule has 0 atom stereocenters. The Morgan fingerprint density at radius 3 is 2.92 bits per heavy atom. The number of hydrogen-bond acceptors (Lipinski definition) is 1. The van der Waals surface area contributed by atoms with Crippen molar-refractivity contribution in [3.8, 4) is 0 Å². The molecule has 0 unspecified atom stereocenters. The molecule has 2 rings (SSSR count). The zero-order valence-electron chi connectivity index (χ0n) is 7.63. The van der Waals surface area contributed by atoms with E-state index in [4.69, 9.17) is 0 Å². The molecule has 0 saturated carbocycles. The van der Waals surface area contributed by atoms with Gasteiger partial charge in [0.1, 0.15) is 11.5 Å². The van der Waals surface area contributed by atoms with Gasteiger partial charge in [0, 0.05) is 18.0 Å². The van der Waals surface area contributed by atoms with Crippen LogP contribution in [0.25, 0.3) is 11.0 Å². The number of rotatable bonds is 1. The Bertz CT molecular complexity index is 431. The SMILES string of the molecule is CC(C)c1cnc2[nH]ccc2c1F. The van der Waals surface area contributed by atoms with Gasteiger partial charge in [0.25, 0.3) is 0 Å². The van der Waals surface area contributed by atoms with Crippen LogP contribution in [0.4, 0.5) is 4.39 Å². The number of aromatic amines is 1. The topological polar surface area (TPSA) is 28.7 Å². The Morgan fingerprint density at radius 1 is 1.46 bits per heavy atom. The third-order valence-corrected chi connectivity index (χ3v) is 2.17. The van der Waals surface area contributed by atoms with Gasteiger partial charge < -0.3 is 4.98 Å². The van der Waals surface area contributed by atoms with Crippen molar-refractivity contribution in [2.75, 3.05) is 0 Å². The van der Waals surface area contributed by atoms with Crippen LogP contribution in [0.15, 0.2) is 18.5 Å². The van der Waals surface area contributed by atoms with Crippen molar-refractivity contribution in [1.29, 1.82) is 0 Å². The molecule has 0 aliphatic rings. The zero-order valence-corrected chi connectivity index (χ0v) is 7.63.